The molecule has 1 N–H and O–H groups in total. The number of nitrogens with zero attached hydrogens (tertiary/aromatic N) is 3. The summed E-state index contributed by atoms with van der Waals surface area (Å²) in [7, 11) is 0. The van der Waals surface area contributed by atoms with E-state index < -0.39 is 0 Å². The van der Waals surface area contributed by atoms with Crippen molar-refractivity contribution >= 4 is 11.3 Å². The van der Waals surface area contributed by atoms with E-state index in [2.05, 4.69) is 48.2 Å². The summed E-state index contributed by atoms with van der Waals surface area (Å²) in [6.45, 7) is 16.7. The quantitative estimate of drug-likeness (QED) is 0.818. The average Bonchev–Trinajstić information content (AvgIpc) is 2.86. The number of rotatable bonds is 6. The highest BCUT2D eigenvalue weighted by molar-refractivity contribution is 7.09. The lowest BCUT2D eigenvalue weighted by Gasteiger charge is -2.42. The van der Waals surface area contributed by atoms with Crippen molar-refractivity contribution in [2.24, 2.45) is 0 Å². The number of thiazole rings is 1. The van der Waals surface area contributed by atoms with Crippen molar-refractivity contribution in [2.75, 3.05) is 32.7 Å². The van der Waals surface area contributed by atoms with E-state index >= 15 is 0 Å². The van der Waals surface area contributed by atoms with E-state index in [9.17, 15) is 0 Å². The predicted molar refractivity (Wildman–Crippen MR) is 90.7 cm³/mol. The van der Waals surface area contributed by atoms with Gasteiger partial charge in [-0.05, 0) is 33.7 Å². The van der Waals surface area contributed by atoms with E-state index in [-0.39, 0.29) is 0 Å². The molecule has 1 aromatic rings. The Balaban J connectivity index is 1.76. The minimum atomic E-state index is 0.296. The smallest absolute Gasteiger partial charge is 0.107 e. The van der Waals surface area contributed by atoms with E-state index in [4.69, 9.17) is 4.98 Å². The van der Waals surface area contributed by atoms with Crippen molar-refractivity contribution in [2.45, 2.75) is 52.7 Å². The van der Waals surface area contributed by atoms with E-state index in [1.807, 2.05) is 0 Å². The van der Waals surface area contributed by atoms with Gasteiger partial charge in [-0.1, -0.05) is 6.92 Å². The molecule has 0 saturated carbocycles. The average molecular weight is 311 g/mol. The third-order valence-corrected chi connectivity index (χ3v) is 4.91. The first kappa shape index (κ1) is 16.9. The zero-order valence-electron chi connectivity index (χ0n) is 14.0. The molecular weight excluding hydrogens is 280 g/mol. The lowest BCUT2D eigenvalue weighted by Crippen LogP contribution is -2.53. The molecule has 0 aliphatic carbocycles. The molecule has 2 heterocycles. The summed E-state index contributed by atoms with van der Waals surface area (Å²) in [4.78, 5) is 9.85. The fraction of sp³-hybridized carbons (Fsp3) is 0.812. The first-order chi connectivity index (χ1) is 9.99. The standard InChI is InChI=1S/C16H30N4S/c1-5-6-17-11-15-18-14(13-21-15)12-19-7-9-20(10-8-19)16(2,3)4/h13,17H,5-12H2,1-4H3. The van der Waals surface area contributed by atoms with Crippen molar-refractivity contribution in [1.29, 1.82) is 0 Å². The Bertz CT molecular complexity index is 416. The molecule has 2 rings (SSSR count). The maximum Gasteiger partial charge on any atom is 0.107 e. The normalized spacial score (nSPS) is 18.3. The van der Waals surface area contributed by atoms with Gasteiger partial charge in [0.2, 0.25) is 0 Å². The summed E-state index contributed by atoms with van der Waals surface area (Å²) in [6.07, 6.45) is 1.18. The summed E-state index contributed by atoms with van der Waals surface area (Å²) in [5.41, 5.74) is 1.53. The Kier molecular flexibility index (Phi) is 6.17. The van der Waals surface area contributed by atoms with Gasteiger partial charge in [0.25, 0.3) is 0 Å². The van der Waals surface area contributed by atoms with Gasteiger partial charge in [0, 0.05) is 50.2 Å². The molecule has 0 radical (unpaired) electrons. The third kappa shape index (κ3) is 5.33. The minimum absolute atomic E-state index is 0.296. The molecule has 0 spiro atoms. The molecule has 1 aliphatic rings. The Hall–Kier alpha value is -0.490. The van der Waals surface area contributed by atoms with Crippen LogP contribution >= 0.6 is 11.3 Å². The Morgan fingerprint density at radius 3 is 2.57 bits per heavy atom. The van der Waals surface area contributed by atoms with Crippen molar-refractivity contribution < 1.29 is 0 Å². The van der Waals surface area contributed by atoms with Crippen molar-refractivity contribution in [3.8, 4) is 0 Å². The van der Waals surface area contributed by atoms with Crippen molar-refractivity contribution in [3.63, 3.8) is 0 Å². The lowest BCUT2D eigenvalue weighted by molar-refractivity contribution is 0.0586. The van der Waals surface area contributed by atoms with Crippen LogP contribution in [0.5, 0.6) is 0 Å². The van der Waals surface area contributed by atoms with Crippen LogP contribution in [0, 0.1) is 0 Å². The summed E-state index contributed by atoms with van der Waals surface area (Å²) in [6, 6.07) is 0. The van der Waals surface area contributed by atoms with E-state index in [0.29, 0.717) is 5.54 Å². The van der Waals surface area contributed by atoms with E-state index in [1.54, 1.807) is 11.3 Å². The highest BCUT2D eigenvalue weighted by Crippen LogP contribution is 2.18. The van der Waals surface area contributed by atoms with Gasteiger partial charge >= 0.3 is 0 Å². The van der Waals surface area contributed by atoms with E-state index in [0.717, 1.165) is 32.7 Å². The van der Waals surface area contributed by atoms with Gasteiger partial charge in [0.05, 0.1) is 5.69 Å². The van der Waals surface area contributed by atoms with Crippen LogP contribution in [-0.4, -0.2) is 53.0 Å². The zero-order valence-corrected chi connectivity index (χ0v) is 14.8. The monoisotopic (exact) mass is 310 g/mol. The highest BCUT2D eigenvalue weighted by Gasteiger charge is 2.25. The lowest BCUT2D eigenvalue weighted by atomic mass is 10.1. The van der Waals surface area contributed by atoms with Crippen LogP contribution < -0.4 is 5.32 Å². The Morgan fingerprint density at radius 1 is 1.24 bits per heavy atom. The molecular formula is C16H30N4S. The number of hydrogen-bond donors (Lipinski definition) is 1. The van der Waals surface area contributed by atoms with Gasteiger partial charge in [-0.2, -0.15) is 0 Å². The second-order valence-corrected chi connectivity index (χ2v) is 7.79. The van der Waals surface area contributed by atoms with Gasteiger partial charge in [-0.3, -0.25) is 9.80 Å². The summed E-state index contributed by atoms with van der Waals surface area (Å²) in [5.74, 6) is 0. The molecule has 1 saturated heterocycles. The summed E-state index contributed by atoms with van der Waals surface area (Å²) >= 11 is 1.78. The summed E-state index contributed by atoms with van der Waals surface area (Å²) < 4.78 is 0. The van der Waals surface area contributed by atoms with Gasteiger partial charge in [0.1, 0.15) is 5.01 Å². The summed E-state index contributed by atoms with van der Waals surface area (Å²) in [5, 5.41) is 6.85. The molecule has 5 heteroatoms. The molecule has 0 unspecified atom stereocenters. The van der Waals surface area contributed by atoms with Crippen LogP contribution in [0.2, 0.25) is 0 Å². The zero-order chi connectivity index (χ0) is 15.3. The second kappa shape index (κ2) is 7.68. The molecule has 1 aromatic heterocycles. The van der Waals surface area contributed by atoms with E-state index in [1.165, 1.54) is 30.2 Å². The number of nitrogens with one attached hydrogen (secondary N) is 1. The Labute approximate surface area is 133 Å². The fourth-order valence-corrected chi connectivity index (χ4v) is 3.44. The van der Waals surface area contributed by atoms with Crippen LogP contribution in [0.15, 0.2) is 5.38 Å². The molecule has 0 bridgehead atoms. The van der Waals surface area contributed by atoms with Crippen molar-refractivity contribution in [1.82, 2.24) is 20.1 Å². The van der Waals surface area contributed by atoms with Crippen LogP contribution in [0.1, 0.15) is 44.8 Å². The highest BCUT2D eigenvalue weighted by atomic mass is 32.1. The topological polar surface area (TPSA) is 31.4 Å². The molecule has 0 atom stereocenters. The Morgan fingerprint density at radius 2 is 1.95 bits per heavy atom. The predicted octanol–water partition coefficient (Wildman–Crippen LogP) is 2.56. The van der Waals surface area contributed by atoms with Gasteiger partial charge in [0.15, 0.2) is 0 Å². The molecule has 21 heavy (non-hydrogen) atoms. The van der Waals surface area contributed by atoms with Crippen molar-refractivity contribution in [3.05, 3.63) is 16.1 Å². The number of hydrogen-bond acceptors (Lipinski definition) is 5. The fourth-order valence-electron chi connectivity index (χ4n) is 2.68. The number of piperazine rings is 1. The molecule has 4 nitrogen and oxygen atoms in total. The first-order valence-corrected chi connectivity index (χ1v) is 8.98. The largest absolute Gasteiger partial charge is 0.310 e. The maximum atomic E-state index is 4.74. The SMILES string of the molecule is CCCNCc1nc(CN2CCN(C(C)(C)C)CC2)cs1. The third-order valence-electron chi connectivity index (χ3n) is 4.01. The van der Waals surface area contributed by atoms with Crippen LogP contribution in [0.25, 0.3) is 0 Å². The minimum Gasteiger partial charge on any atom is -0.310 e. The van der Waals surface area contributed by atoms with Crippen LogP contribution in [-0.2, 0) is 13.1 Å². The first-order valence-electron chi connectivity index (χ1n) is 8.10. The maximum absolute atomic E-state index is 4.74. The second-order valence-electron chi connectivity index (χ2n) is 6.84. The molecule has 1 aliphatic heterocycles. The molecule has 0 aromatic carbocycles. The van der Waals surface area contributed by atoms with Gasteiger partial charge in [-0.25, -0.2) is 4.98 Å². The van der Waals surface area contributed by atoms with Gasteiger partial charge < -0.3 is 5.32 Å². The molecule has 1 fully saturated rings. The van der Waals surface area contributed by atoms with Gasteiger partial charge in [-0.15, -0.1) is 11.3 Å². The molecule has 120 valence electrons. The van der Waals surface area contributed by atoms with Crippen LogP contribution in [0.4, 0.5) is 0 Å². The van der Waals surface area contributed by atoms with Crippen LogP contribution in [0.3, 0.4) is 0 Å². The number of aromatic nitrogens is 1. The molecule has 0 amide bonds.